The largest absolute Gasteiger partial charge is 0.374 e. The Morgan fingerprint density at radius 3 is 3.10 bits per heavy atom. The lowest BCUT2D eigenvalue weighted by Crippen LogP contribution is -2.45. The number of piperidine rings is 1. The Kier molecular flexibility index (Phi) is 3.64. The van der Waals surface area contributed by atoms with Crippen molar-refractivity contribution in [3.05, 3.63) is 29.3 Å². The van der Waals surface area contributed by atoms with E-state index in [0.717, 1.165) is 18.6 Å². The van der Waals surface area contributed by atoms with E-state index in [4.69, 9.17) is 0 Å². The van der Waals surface area contributed by atoms with Crippen LogP contribution in [0, 0.1) is 0 Å². The molecule has 2 fully saturated rings. The molecule has 1 aromatic rings. The summed E-state index contributed by atoms with van der Waals surface area (Å²) in [5.74, 6) is 0. The Bertz CT molecular complexity index is 513. The van der Waals surface area contributed by atoms with Crippen LogP contribution in [0.2, 0.25) is 0 Å². The zero-order valence-electron chi connectivity index (χ0n) is 13.1. The van der Waals surface area contributed by atoms with Gasteiger partial charge >= 0.3 is 0 Å². The number of likely N-dealkylation sites (N-methyl/N-ethyl adjacent to an activating group) is 1. The number of rotatable bonds is 3. The Labute approximate surface area is 128 Å². The maximum atomic E-state index is 3.81. The number of anilines is 1. The van der Waals surface area contributed by atoms with Gasteiger partial charge in [0, 0.05) is 37.9 Å². The summed E-state index contributed by atoms with van der Waals surface area (Å²) in [4.78, 5) is 5.06. The molecule has 0 aliphatic carbocycles. The van der Waals surface area contributed by atoms with Crippen LogP contribution in [0.25, 0.3) is 0 Å². The Balaban J connectivity index is 1.35. The average molecular weight is 285 g/mol. The molecule has 0 spiro atoms. The van der Waals surface area contributed by atoms with Gasteiger partial charge in [-0.05, 0) is 62.4 Å². The van der Waals surface area contributed by atoms with Gasteiger partial charge in [0.15, 0.2) is 0 Å². The zero-order chi connectivity index (χ0) is 14.2. The number of nitrogens with one attached hydrogen (secondary N) is 1. The molecule has 3 heteroatoms. The average Bonchev–Trinajstić information content (AvgIpc) is 3.11. The molecular weight excluding hydrogens is 258 g/mol. The molecule has 0 aromatic heterocycles. The maximum absolute atomic E-state index is 3.81. The molecule has 3 nitrogen and oxygen atoms in total. The third kappa shape index (κ3) is 2.69. The molecule has 114 valence electrons. The van der Waals surface area contributed by atoms with Crippen LogP contribution in [0.15, 0.2) is 18.2 Å². The van der Waals surface area contributed by atoms with Crippen molar-refractivity contribution in [1.29, 1.82) is 0 Å². The van der Waals surface area contributed by atoms with Crippen LogP contribution >= 0.6 is 0 Å². The van der Waals surface area contributed by atoms with Gasteiger partial charge in [-0.1, -0.05) is 12.1 Å². The first kappa shape index (κ1) is 13.6. The lowest BCUT2D eigenvalue weighted by molar-refractivity contribution is 0.166. The first-order valence-corrected chi connectivity index (χ1v) is 8.60. The monoisotopic (exact) mass is 285 g/mol. The van der Waals surface area contributed by atoms with E-state index in [9.17, 15) is 0 Å². The fourth-order valence-electron chi connectivity index (χ4n) is 4.40. The first-order valence-electron chi connectivity index (χ1n) is 8.60. The molecular formula is C18H27N3. The lowest BCUT2D eigenvalue weighted by Gasteiger charge is -2.35. The van der Waals surface area contributed by atoms with Crippen molar-refractivity contribution >= 4 is 5.69 Å². The molecule has 3 aliphatic rings. The summed E-state index contributed by atoms with van der Waals surface area (Å²) in [5.41, 5.74) is 4.42. The molecule has 4 rings (SSSR count). The highest BCUT2D eigenvalue weighted by Gasteiger charge is 2.31. The minimum absolute atomic E-state index is 0.722. The number of hydrogen-bond acceptors (Lipinski definition) is 3. The second kappa shape index (κ2) is 5.62. The van der Waals surface area contributed by atoms with Crippen LogP contribution in [0.3, 0.4) is 0 Å². The molecule has 1 N–H and O–H groups in total. The van der Waals surface area contributed by atoms with Crippen molar-refractivity contribution in [2.45, 2.75) is 50.7 Å². The quantitative estimate of drug-likeness (QED) is 0.920. The van der Waals surface area contributed by atoms with Crippen molar-refractivity contribution in [1.82, 2.24) is 10.2 Å². The number of benzene rings is 1. The van der Waals surface area contributed by atoms with Crippen LogP contribution in [-0.2, 0) is 13.0 Å². The van der Waals surface area contributed by atoms with Crippen LogP contribution in [0.1, 0.15) is 36.8 Å². The topological polar surface area (TPSA) is 18.5 Å². The van der Waals surface area contributed by atoms with Crippen molar-refractivity contribution in [3.63, 3.8) is 0 Å². The van der Waals surface area contributed by atoms with E-state index >= 15 is 0 Å². The summed E-state index contributed by atoms with van der Waals surface area (Å²) in [6, 6.07) is 8.61. The van der Waals surface area contributed by atoms with E-state index in [2.05, 4.69) is 40.4 Å². The summed E-state index contributed by atoms with van der Waals surface area (Å²) in [5, 5.41) is 3.81. The Hall–Kier alpha value is -1.06. The molecule has 0 bridgehead atoms. The van der Waals surface area contributed by atoms with Gasteiger partial charge in [0.2, 0.25) is 0 Å². The molecule has 1 aromatic carbocycles. The van der Waals surface area contributed by atoms with E-state index in [1.165, 1.54) is 68.6 Å². The van der Waals surface area contributed by atoms with Gasteiger partial charge < -0.3 is 15.1 Å². The zero-order valence-corrected chi connectivity index (χ0v) is 13.1. The Morgan fingerprint density at radius 2 is 2.14 bits per heavy atom. The summed E-state index contributed by atoms with van der Waals surface area (Å²) < 4.78 is 0. The highest BCUT2D eigenvalue weighted by molar-refractivity contribution is 5.58. The van der Waals surface area contributed by atoms with Gasteiger partial charge in [0.25, 0.3) is 0 Å². The smallest absolute Gasteiger partial charge is 0.0397 e. The maximum Gasteiger partial charge on any atom is 0.0397 e. The van der Waals surface area contributed by atoms with Gasteiger partial charge in [-0.3, -0.25) is 0 Å². The standard InChI is InChI=1S/C18H27N3/c1-20-9-6-15-11-14(4-5-18(15)20)13-19-16-7-10-21-8-2-3-17(21)12-16/h4-5,11,16-17,19H,2-3,6-10,12-13H2,1H3. The fourth-order valence-corrected chi connectivity index (χ4v) is 4.40. The van der Waals surface area contributed by atoms with Gasteiger partial charge in [0.1, 0.15) is 0 Å². The van der Waals surface area contributed by atoms with E-state index in [1.54, 1.807) is 0 Å². The van der Waals surface area contributed by atoms with Crippen LogP contribution in [-0.4, -0.2) is 43.7 Å². The molecule has 0 saturated carbocycles. The van der Waals surface area contributed by atoms with Crippen LogP contribution in [0.5, 0.6) is 0 Å². The molecule has 3 aliphatic heterocycles. The molecule has 3 heterocycles. The third-order valence-electron chi connectivity index (χ3n) is 5.69. The number of nitrogens with zero attached hydrogens (tertiary/aromatic N) is 2. The first-order chi connectivity index (χ1) is 10.3. The van der Waals surface area contributed by atoms with E-state index in [-0.39, 0.29) is 0 Å². The van der Waals surface area contributed by atoms with E-state index in [1.807, 2.05) is 0 Å². The highest BCUT2D eigenvalue weighted by Crippen LogP contribution is 2.29. The van der Waals surface area contributed by atoms with Crippen molar-refractivity contribution in [2.24, 2.45) is 0 Å². The normalized spacial score (nSPS) is 28.7. The van der Waals surface area contributed by atoms with Crippen LogP contribution < -0.4 is 10.2 Å². The predicted molar refractivity (Wildman–Crippen MR) is 87.9 cm³/mol. The highest BCUT2D eigenvalue weighted by atomic mass is 15.2. The molecule has 21 heavy (non-hydrogen) atoms. The van der Waals surface area contributed by atoms with Gasteiger partial charge in [-0.2, -0.15) is 0 Å². The Morgan fingerprint density at radius 1 is 1.19 bits per heavy atom. The number of fused-ring (bicyclic) bond motifs is 2. The molecule has 2 unspecified atom stereocenters. The number of hydrogen-bond donors (Lipinski definition) is 1. The van der Waals surface area contributed by atoms with Crippen molar-refractivity contribution in [3.8, 4) is 0 Å². The SMILES string of the molecule is CN1CCc2cc(CNC3CCN4CCCC4C3)ccc21. The lowest BCUT2D eigenvalue weighted by atomic mass is 9.97. The molecule has 2 atom stereocenters. The summed E-state index contributed by atoms with van der Waals surface area (Å²) in [6.07, 6.45) is 6.72. The van der Waals surface area contributed by atoms with E-state index in [0.29, 0.717) is 0 Å². The second-order valence-corrected chi connectivity index (χ2v) is 7.07. The third-order valence-corrected chi connectivity index (χ3v) is 5.69. The molecule has 0 radical (unpaired) electrons. The second-order valence-electron chi connectivity index (χ2n) is 7.07. The van der Waals surface area contributed by atoms with Crippen molar-refractivity contribution in [2.75, 3.05) is 31.6 Å². The van der Waals surface area contributed by atoms with Gasteiger partial charge in [0.05, 0.1) is 0 Å². The minimum Gasteiger partial charge on any atom is -0.374 e. The minimum atomic E-state index is 0.722. The van der Waals surface area contributed by atoms with Crippen LogP contribution in [0.4, 0.5) is 5.69 Å². The van der Waals surface area contributed by atoms with Gasteiger partial charge in [-0.15, -0.1) is 0 Å². The molecule has 0 amide bonds. The molecule has 2 saturated heterocycles. The fraction of sp³-hybridized carbons (Fsp3) is 0.667. The van der Waals surface area contributed by atoms with Crippen molar-refractivity contribution < 1.29 is 0 Å². The van der Waals surface area contributed by atoms with E-state index < -0.39 is 0 Å². The summed E-state index contributed by atoms with van der Waals surface area (Å²) >= 11 is 0. The predicted octanol–water partition coefficient (Wildman–Crippen LogP) is 2.40. The summed E-state index contributed by atoms with van der Waals surface area (Å²) in [7, 11) is 2.19. The van der Waals surface area contributed by atoms with Gasteiger partial charge in [-0.25, -0.2) is 0 Å². The summed E-state index contributed by atoms with van der Waals surface area (Å²) in [6.45, 7) is 4.85.